The van der Waals surface area contributed by atoms with Crippen molar-refractivity contribution in [1.29, 1.82) is 0 Å². The summed E-state index contributed by atoms with van der Waals surface area (Å²) in [5.74, 6) is 1.31. The molecule has 0 aromatic heterocycles. The summed E-state index contributed by atoms with van der Waals surface area (Å²) in [6.07, 6.45) is 0.320. The van der Waals surface area contributed by atoms with E-state index in [0.717, 1.165) is 12.0 Å². The van der Waals surface area contributed by atoms with E-state index in [4.69, 9.17) is 14.2 Å². The van der Waals surface area contributed by atoms with Gasteiger partial charge in [-0.1, -0.05) is 12.1 Å². The van der Waals surface area contributed by atoms with E-state index < -0.39 is 6.09 Å². The van der Waals surface area contributed by atoms with E-state index in [-0.39, 0.29) is 18.4 Å². The van der Waals surface area contributed by atoms with E-state index in [1.54, 1.807) is 14.2 Å². The maximum absolute atomic E-state index is 11.2. The molecule has 2 rings (SSSR count). The number of ether oxygens (including phenoxy) is 3. The first-order valence-corrected chi connectivity index (χ1v) is 5.40. The Morgan fingerprint density at radius 3 is 2.72 bits per heavy atom. The Kier molecular flexibility index (Phi) is 5.09. The fourth-order valence-corrected chi connectivity index (χ4v) is 1.95. The fraction of sp³-hybridized carbons (Fsp3) is 0.417. The predicted molar refractivity (Wildman–Crippen MR) is 68.6 cm³/mol. The molecule has 1 fully saturated rings. The number of halogens is 1. The highest BCUT2D eigenvalue weighted by atomic mass is 35.5. The molecule has 0 radical (unpaired) electrons. The third-order valence-corrected chi connectivity index (χ3v) is 2.74. The Balaban J connectivity index is 0.00000162. The number of alkyl carbamates (subject to hydrolysis) is 1. The van der Waals surface area contributed by atoms with Crippen molar-refractivity contribution < 1.29 is 19.0 Å². The quantitative estimate of drug-likeness (QED) is 0.918. The van der Waals surface area contributed by atoms with Crippen LogP contribution in [0.3, 0.4) is 0 Å². The lowest BCUT2D eigenvalue weighted by atomic mass is 10.0. The molecule has 100 valence electrons. The van der Waals surface area contributed by atoms with Crippen LogP contribution in [0.2, 0.25) is 0 Å². The number of amides is 1. The largest absolute Gasteiger partial charge is 0.493 e. The van der Waals surface area contributed by atoms with Crippen molar-refractivity contribution >= 4 is 18.5 Å². The molecule has 0 bridgehead atoms. The summed E-state index contributed by atoms with van der Waals surface area (Å²) in [6, 6.07) is 5.51. The zero-order valence-electron chi connectivity index (χ0n) is 10.3. The fourth-order valence-electron chi connectivity index (χ4n) is 1.95. The Bertz CT molecular complexity index is 425. The molecule has 1 aliphatic heterocycles. The van der Waals surface area contributed by atoms with E-state index in [1.165, 1.54) is 0 Å². The normalized spacial score (nSPS) is 18.1. The number of carbonyl (C=O) groups excluding carboxylic acids is 1. The predicted octanol–water partition coefficient (Wildman–Crippen LogP) is 2.30. The number of hydrogen-bond acceptors (Lipinski definition) is 4. The van der Waals surface area contributed by atoms with Crippen LogP contribution in [0.15, 0.2) is 18.2 Å². The van der Waals surface area contributed by atoms with Gasteiger partial charge in [0, 0.05) is 12.0 Å². The first kappa shape index (κ1) is 14.4. The molecular formula is C12H16ClNO4. The molecule has 0 saturated carbocycles. The van der Waals surface area contributed by atoms with E-state index in [0.29, 0.717) is 18.1 Å². The number of para-hydroxylation sites is 1. The monoisotopic (exact) mass is 273 g/mol. The minimum atomic E-state index is -0.397. The second-order valence-electron chi connectivity index (χ2n) is 3.70. The highest BCUT2D eigenvalue weighted by Gasteiger charge is 2.24. The topological polar surface area (TPSA) is 56.8 Å². The highest BCUT2D eigenvalue weighted by molar-refractivity contribution is 5.85. The number of nitrogens with one attached hydrogen (secondary N) is 1. The molecule has 6 heteroatoms. The first-order valence-electron chi connectivity index (χ1n) is 5.40. The van der Waals surface area contributed by atoms with Gasteiger partial charge in [0.2, 0.25) is 0 Å². The summed E-state index contributed by atoms with van der Waals surface area (Å²) in [7, 11) is 3.17. The Hall–Kier alpha value is -1.62. The average molecular weight is 274 g/mol. The molecule has 1 heterocycles. The standard InChI is InChI=1S/C12H15NO4.ClH/c1-15-10-5-3-4-8(11(10)16-2)9-6-7-17-12(14)13-9;/h3-5,9H,6-7H2,1-2H3,(H,13,14);1H/t9-;/m0./s1. The second kappa shape index (κ2) is 6.35. The third kappa shape index (κ3) is 2.79. The third-order valence-electron chi connectivity index (χ3n) is 2.74. The summed E-state index contributed by atoms with van der Waals surface area (Å²) >= 11 is 0. The number of methoxy groups -OCH3 is 2. The van der Waals surface area contributed by atoms with Crippen LogP contribution in [0.25, 0.3) is 0 Å². The number of rotatable bonds is 3. The summed E-state index contributed by atoms with van der Waals surface area (Å²) in [5.41, 5.74) is 0.906. The van der Waals surface area contributed by atoms with E-state index in [9.17, 15) is 4.79 Å². The molecule has 1 amide bonds. The Morgan fingerprint density at radius 1 is 1.33 bits per heavy atom. The molecule has 1 aromatic carbocycles. The first-order chi connectivity index (χ1) is 8.26. The molecule has 0 spiro atoms. The molecule has 1 atom stereocenters. The zero-order chi connectivity index (χ0) is 12.3. The van der Waals surface area contributed by atoms with E-state index in [2.05, 4.69) is 5.32 Å². The minimum absolute atomic E-state index is 0. The van der Waals surface area contributed by atoms with Crippen molar-refractivity contribution in [3.63, 3.8) is 0 Å². The summed E-state index contributed by atoms with van der Waals surface area (Å²) in [4.78, 5) is 11.2. The van der Waals surface area contributed by atoms with Crippen molar-refractivity contribution in [3.05, 3.63) is 23.8 Å². The van der Waals surface area contributed by atoms with Crippen LogP contribution < -0.4 is 14.8 Å². The van der Waals surface area contributed by atoms with Crippen LogP contribution in [-0.4, -0.2) is 26.9 Å². The van der Waals surface area contributed by atoms with Gasteiger partial charge >= 0.3 is 6.09 Å². The van der Waals surface area contributed by atoms with Crippen molar-refractivity contribution in [3.8, 4) is 11.5 Å². The smallest absolute Gasteiger partial charge is 0.407 e. The van der Waals surface area contributed by atoms with Crippen LogP contribution >= 0.6 is 12.4 Å². The molecule has 1 saturated heterocycles. The molecule has 5 nitrogen and oxygen atoms in total. The Morgan fingerprint density at radius 2 is 2.11 bits per heavy atom. The maximum Gasteiger partial charge on any atom is 0.407 e. The molecule has 1 aromatic rings. The molecular weight excluding hydrogens is 258 g/mol. The van der Waals surface area contributed by atoms with Crippen LogP contribution in [0.1, 0.15) is 18.0 Å². The van der Waals surface area contributed by atoms with Crippen molar-refractivity contribution in [2.45, 2.75) is 12.5 Å². The van der Waals surface area contributed by atoms with Gasteiger partial charge in [-0.05, 0) is 6.07 Å². The molecule has 1 N–H and O–H groups in total. The molecule has 0 unspecified atom stereocenters. The average Bonchev–Trinajstić information content (AvgIpc) is 2.37. The lowest BCUT2D eigenvalue weighted by molar-refractivity contribution is 0.115. The van der Waals surface area contributed by atoms with Crippen LogP contribution in [0.5, 0.6) is 11.5 Å². The van der Waals surface area contributed by atoms with E-state index in [1.807, 2.05) is 18.2 Å². The van der Waals surface area contributed by atoms with Crippen LogP contribution in [-0.2, 0) is 4.74 Å². The summed E-state index contributed by atoms with van der Waals surface area (Å²) < 4.78 is 15.4. The maximum atomic E-state index is 11.2. The van der Waals surface area contributed by atoms with Gasteiger partial charge in [0.25, 0.3) is 0 Å². The van der Waals surface area contributed by atoms with Gasteiger partial charge in [-0.2, -0.15) is 0 Å². The molecule has 18 heavy (non-hydrogen) atoms. The van der Waals surface area contributed by atoms with Crippen molar-refractivity contribution in [2.75, 3.05) is 20.8 Å². The van der Waals surface area contributed by atoms with Gasteiger partial charge in [-0.15, -0.1) is 12.4 Å². The van der Waals surface area contributed by atoms with Crippen molar-refractivity contribution in [2.24, 2.45) is 0 Å². The zero-order valence-corrected chi connectivity index (χ0v) is 11.1. The van der Waals surface area contributed by atoms with Crippen LogP contribution in [0.4, 0.5) is 4.79 Å². The second-order valence-corrected chi connectivity index (χ2v) is 3.70. The highest BCUT2D eigenvalue weighted by Crippen LogP contribution is 2.36. The van der Waals surface area contributed by atoms with Gasteiger partial charge < -0.3 is 19.5 Å². The summed E-state index contributed by atoms with van der Waals surface area (Å²) in [5, 5.41) is 2.76. The van der Waals surface area contributed by atoms with Gasteiger partial charge in [-0.25, -0.2) is 4.79 Å². The number of hydrogen-bond donors (Lipinski definition) is 1. The van der Waals surface area contributed by atoms with Crippen molar-refractivity contribution in [1.82, 2.24) is 5.32 Å². The SMILES string of the molecule is COc1cccc([C@@H]2CCOC(=O)N2)c1OC.Cl. The van der Waals surface area contributed by atoms with Crippen LogP contribution in [0, 0.1) is 0 Å². The summed E-state index contributed by atoms with van der Waals surface area (Å²) in [6.45, 7) is 0.414. The number of benzene rings is 1. The molecule has 0 aliphatic carbocycles. The molecule has 1 aliphatic rings. The Labute approximate surface area is 112 Å². The lowest BCUT2D eigenvalue weighted by Gasteiger charge is -2.25. The lowest BCUT2D eigenvalue weighted by Crippen LogP contribution is -2.35. The minimum Gasteiger partial charge on any atom is -0.493 e. The number of carbonyl (C=O) groups is 1. The number of cyclic esters (lactones) is 1. The van der Waals surface area contributed by atoms with Gasteiger partial charge in [-0.3, -0.25) is 0 Å². The van der Waals surface area contributed by atoms with Gasteiger partial charge in [0.1, 0.15) is 0 Å². The van der Waals surface area contributed by atoms with Gasteiger partial charge in [0.05, 0.1) is 26.9 Å². The van der Waals surface area contributed by atoms with E-state index >= 15 is 0 Å². The van der Waals surface area contributed by atoms with Gasteiger partial charge in [0.15, 0.2) is 11.5 Å².